The topological polar surface area (TPSA) is 87.0 Å². The Labute approximate surface area is 95.0 Å². The number of aliphatic hydroxyl groups is 3. The van der Waals surface area contributed by atoms with Crippen LogP contribution in [0.1, 0.15) is 40.0 Å². The number of carbonyl (C=O) groups is 1. The number of esters is 1. The molecule has 1 fully saturated rings. The number of carbonyl (C=O) groups excluding carboxylic acids is 1. The normalized spacial score (nSPS) is 32.6. The van der Waals surface area contributed by atoms with E-state index < -0.39 is 29.4 Å². The lowest BCUT2D eigenvalue weighted by atomic mass is 9.88. The molecule has 16 heavy (non-hydrogen) atoms. The molecule has 0 amide bonds. The number of rotatable bonds is 4. The van der Waals surface area contributed by atoms with Crippen LogP contribution in [0.3, 0.4) is 0 Å². The highest BCUT2D eigenvalue weighted by atomic mass is 16.6. The van der Waals surface area contributed by atoms with Crippen LogP contribution >= 0.6 is 0 Å². The van der Waals surface area contributed by atoms with Gasteiger partial charge in [0.05, 0.1) is 18.1 Å². The number of hydrogen-bond donors (Lipinski definition) is 3. The summed E-state index contributed by atoms with van der Waals surface area (Å²) in [5.41, 5.74) is -2.13. The maximum atomic E-state index is 11.0. The maximum Gasteiger partial charge on any atom is 0.309 e. The first-order valence-corrected chi connectivity index (χ1v) is 5.45. The van der Waals surface area contributed by atoms with Crippen molar-refractivity contribution < 1.29 is 24.9 Å². The van der Waals surface area contributed by atoms with E-state index >= 15 is 0 Å². The van der Waals surface area contributed by atoms with Gasteiger partial charge in [0.15, 0.2) is 0 Å². The summed E-state index contributed by atoms with van der Waals surface area (Å²) in [6.45, 7) is 4.66. The Bertz CT molecular complexity index is 270. The van der Waals surface area contributed by atoms with E-state index in [0.29, 0.717) is 6.42 Å². The van der Waals surface area contributed by atoms with E-state index in [1.807, 2.05) is 0 Å². The monoisotopic (exact) mass is 232 g/mol. The Morgan fingerprint density at radius 3 is 2.56 bits per heavy atom. The van der Waals surface area contributed by atoms with E-state index in [2.05, 4.69) is 0 Å². The second-order valence-electron chi connectivity index (χ2n) is 5.21. The van der Waals surface area contributed by atoms with Crippen LogP contribution in [-0.2, 0) is 9.53 Å². The third kappa shape index (κ3) is 2.93. The van der Waals surface area contributed by atoms with Gasteiger partial charge in [-0.25, -0.2) is 0 Å². The second-order valence-corrected chi connectivity index (χ2v) is 5.21. The lowest BCUT2D eigenvalue weighted by Gasteiger charge is -2.30. The minimum atomic E-state index is -1.19. The van der Waals surface area contributed by atoms with Crippen LogP contribution in [0.4, 0.5) is 0 Å². The minimum absolute atomic E-state index is 0.00485. The van der Waals surface area contributed by atoms with Gasteiger partial charge in [-0.3, -0.25) is 4.79 Å². The van der Waals surface area contributed by atoms with E-state index in [1.54, 1.807) is 6.92 Å². The standard InChI is InChI=1S/C11H20O5/c1-10(2,15)7(12)4-5-11(3)8(13)6-9(14)16-11/h7-8,12-13,15H,4-6H2,1-3H3/t7-,8-,11-/m0/s1. The number of hydrogen-bond acceptors (Lipinski definition) is 5. The highest BCUT2D eigenvalue weighted by Crippen LogP contribution is 2.32. The Balaban J connectivity index is 2.52. The molecule has 0 spiro atoms. The van der Waals surface area contributed by atoms with Crippen molar-refractivity contribution in [3.63, 3.8) is 0 Å². The van der Waals surface area contributed by atoms with Crippen molar-refractivity contribution in [3.05, 3.63) is 0 Å². The molecule has 0 aromatic heterocycles. The molecule has 0 aromatic rings. The van der Waals surface area contributed by atoms with Crippen molar-refractivity contribution in [2.45, 2.75) is 63.4 Å². The summed E-state index contributed by atoms with van der Waals surface area (Å²) in [7, 11) is 0. The Hall–Kier alpha value is -0.650. The molecule has 5 nitrogen and oxygen atoms in total. The van der Waals surface area contributed by atoms with Crippen molar-refractivity contribution in [1.82, 2.24) is 0 Å². The molecular formula is C11H20O5. The SMILES string of the molecule is CC(C)(O)[C@@H](O)CC[C@]1(C)OC(=O)C[C@@H]1O. The van der Waals surface area contributed by atoms with E-state index in [0.717, 1.165) is 0 Å². The fraction of sp³-hybridized carbons (Fsp3) is 0.909. The minimum Gasteiger partial charge on any atom is -0.457 e. The molecule has 1 aliphatic heterocycles. The van der Waals surface area contributed by atoms with Gasteiger partial charge in [0.1, 0.15) is 11.7 Å². The summed E-state index contributed by atoms with van der Waals surface area (Å²) in [5.74, 6) is -0.423. The first kappa shape index (κ1) is 13.4. The second kappa shape index (κ2) is 4.31. The smallest absolute Gasteiger partial charge is 0.309 e. The van der Waals surface area contributed by atoms with Gasteiger partial charge in [-0.05, 0) is 33.6 Å². The molecule has 3 N–H and O–H groups in total. The van der Waals surface area contributed by atoms with Crippen LogP contribution < -0.4 is 0 Å². The van der Waals surface area contributed by atoms with Crippen LogP contribution in [0.25, 0.3) is 0 Å². The molecule has 0 bridgehead atoms. The molecule has 0 unspecified atom stereocenters. The third-order valence-corrected chi connectivity index (χ3v) is 3.14. The molecule has 3 atom stereocenters. The summed E-state index contributed by atoms with van der Waals surface area (Å²) in [6, 6.07) is 0. The van der Waals surface area contributed by atoms with Gasteiger partial charge >= 0.3 is 5.97 Å². The molecule has 1 aliphatic rings. The van der Waals surface area contributed by atoms with Crippen LogP contribution in [0.2, 0.25) is 0 Å². The number of aliphatic hydroxyl groups excluding tert-OH is 2. The summed E-state index contributed by atoms with van der Waals surface area (Å²) < 4.78 is 5.04. The fourth-order valence-electron chi connectivity index (χ4n) is 1.74. The lowest BCUT2D eigenvalue weighted by molar-refractivity contribution is -0.151. The zero-order valence-corrected chi connectivity index (χ0v) is 9.93. The van der Waals surface area contributed by atoms with Crippen molar-refractivity contribution in [2.24, 2.45) is 0 Å². The van der Waals surface area contributed by atoms with Crippen LogP contribution in [0.5, 0.6) is 0 Å². The van der Waals surface area contributed by atoms with Gasteiger partial charge in [0.2, 0.25) is 0 Å². The first-order chi connectivity index (χ1) is 7.15. The molecule has 1 rings (SSSR count). The predicted octanol–water partition coefficient (Wildman–Crippen LogP) is -0.0351. The Morgan fingerprint density at radius 2 is 2.19 bits per heavy atom. The van der Waals surface area contributed by atoms with Gasteiger partial charge in [-0.2, -0.15) is 0 Å². The Morgan fingerprint density at radius 1 is 1.62 bits per heavy atom. The summed E-state index contributed by atoms with van der Waals surface area (Å²) in [6.07, 6.45) is -1.16. The van der Waals surface area contributed by atoms with Gasteiger partial charge in [0, 0.05) is 0 Å². The van der Waals surface area contributed by atoms with Gasteiger partial charge in [-0.15, -0.1) is 0 Å². The van der Waals surface area contributed by atoms with E-state index in [-0.39, 0.29) is 12.8 Å². The number of cyclic esters (lactones) is 1. The molecule has 1 heterocycles. The summed E-state index contributed by atoms with van der Waals surface area (Å²) in [4.78, 5) is 11.0. The summed E-state index contributed by atoms with van der Waals surface area (Å²) >= 11 is 0. The molecule has 0 saturated carbocycles. The van der Waals surface area contributed by atoms with E-state index in [1.165, 1.54) is 13.8 Å². The van der Waals surface area contributed by atoms with Crippen molar-refractivity contribution >= 4 is 5.97 Å². The average Bonchev–Trinajstić information content (AvgIpc) is 2.35. The Kier molecular flexibility index (Phi) is 3.62. The van der Waals surface area contributed by atoms with Crippen molar-refractivity contribution in [2.75, 3.05) is 0 Å². The van der Waals surface area contributed by atoms with Crippen LogP contribution in [-0.4, -0.2) is 44.7 Å². The van der Waals surface area contributed by atoms with Gasteiger partial charge < -0.3 is 20.1 Å². The zero-order chi connectivity index (χ0) is 12.6. The molecule has 1 saturated heterocycles. The van der Waals surface area contributed by atoms with Crippen LogP contribution in [0, 0.1) is 0 Å². The molecule has 0 radical (unpaired) electrons. The summed E-state index contributed by atoms with van der Waals surface area (Å²) in [5, 5.41) is 28.8. The van der Waals surface area contributed by atoms with Crippen molar-refractivity contribution in [3.8, 4) is 0 Å². The lowest BCUT2D eigenvalue weighted by Crippen LogP contribution is -2.41. The largest absolute Gasteiger partial charge is 0.457 e. The van der Waals surface area contributed by atoms with E-state index in [4.69, 9.17) is 4.74 Å². The number of ether oxygens (including phenoxy) is 1. The highest BCUT2D eigenvalue weighted by Gasteiger charge is 2.45. The average molecular weight is 232 g/mol. The van der Waals surface area contributed by atoms with E-state index in [9.17, 15) is 20.1 Å². The van der Waals surface area contributed by atoms with Crippen LogP contribution in [0.15, 0.2) is 0 Å². The highest BCUT2D eigenvalue weighted by molar-refractivity contribution is 5.73. The zero-order valence-electron chi connectivity index (χ0n) is 9.93. The third-order valence-electron chi connectivity index (χ3n) is 3.14. The quantitative estimate of drug-likeness (QED) is 0.592. The predicted molar refractivity (Wildman–Crippen MR) is 56.7 cm³/mol. The van der Waals surface area contributed by atoms with Crippen molar-refractivity contribution in [1.29, 1.82) is 0 Å². The van der Waals surface area contributed by atoms with Gasteiger partial charge in [0.25, 0.3) is 0 Å². The van der Waals surface area contributed by atoms with Gasteiger partial charge in [-0.1, -0.05) is 0 Å². The fourth-order valence-corrected chi connectivity index (χ4v) is 1.74. The molecular weight excluding hydrogens is 212 g/mol. The molecule has 5 heteroatoms. The molecule has 94 valence electrons. The first-order valence-electron chi connectivity index (χ1n) is 5.45. The maximum absolute atomic E-state index is 11.0. The molecule has 0 aromatic carbocycles. The molecule has 0 aliphatic carbocycles.